The molecule has 1 aromatic carbocycles. The molecule has 3 aliphatic rings. The Labute approximate surface area is 204 Å². The summed E-state index contributed by atoms with van der Waals surface area (Å²) < 4.78 is 2.34. The highest BCUT2D eigenvalue weighted by Crippen LogP contribution is 2.39. The first-order valence-corrected chi connectivity index (χ1v) is 13.3. The maximum atomic E-state index is 13.6. The van der Waals surface area contributed by atoms with E-state index in [1.54, 1.807) is 4.57 Å². The Bertz CT molecular complexity index is 1190. The average Bonchev–Trinajstić information content (AvgIpc) is 3.11. The molecule has 7 heteroatoms. The number of aromatic nitrogens is 1. The van der Waals surface area contributed by atoms with Crippen molar-refractivity contribution in [1.29, 1.82) is 0 Å². The largest absolute Gasteiger partial charge is 0.370 e. The Hall–Kier alpha value is -2.12. The van der Waals surface area contributed by atoms with Crippen LogP contribution in [0.25, 0.3) is 17.0 Å². The number of para-hydroxylation sites is 1. The van der Waals surface area contributed by atoms with Crippen LogP contribution in [0.1, 0.15) is 57.4 Å². The molecule has 174 valence electrons. The maximum Gasteiger partial charge on any atom is 0.266 e. The van der Waals surface area contributed by atoms with E-state index >= 15 is 0 Å². The van der Waals surface area contributed by atoms with Crippen molar-refractivity contribution < 1.29 is 4.79 Å². The first-order valence-electron chi connectivity index (χ1n) is 12.1. The molecule has 3 fully saturated rings. The van der Waals surface area contributed by atoms with Gasteiger partial charge in [0, 0.05) is 31.6 Å². The fraction of sp³-hybridized carbons (Fsp3) is 0.500. The summed E-state index contributed by atoms with van der Waals surface area (Å²) in [4.78, 5) is 31.8. The van der Waals surface area contributed by atoms with Crippen molar-refractivity contribution >= 4 is 56.9 Å². The Morgan fingerprint density at radius 1 is 1.03 bits per heavy atom. The highest BCUT2D eigenvalue weighted by molar-refractivity contribution is 8.26. The number of benzene rings is 1. The molecule has 5 nitrogen and oxygen atoms in total. The van der Waals surface area contributed by atoms with E-state index in [1.165, 1.54) is 18.2 Å². The summed E-state index contributed by atoms with van der Waals surface area (Å²) in [5.41, 5.74) is 2.42. The van der Waals surface area contributed by atoms with E-state index in [4.69, 9.17) is 12.2 Å². The van der Waals surface area contributed by atoms with Gasteiger partial charge in [-0.3, -0.25) is 14.5 Å². The second-order valence-corrected chi connectivity index (χ2v) is 11.3. The Morgan fingerprint density at radius 3 is 2.45 bits per heavy atom. The van der Waals surface area contributed by atoms with Crippen LogP contribution in [-0.2, 0) is 11.8 Å². The van der Waals surface area contributed by atoms with E-state index in [2.05, 4.69) is 17.9 Å². The number of nitrogens with zero attached hydrogens (tertiary/aromatic N) is 3. The number of hydrogen-bond donors (Lipinski definition) is 0. The number of hydrogen-bond acceptors (Lipinski definition) is 5. The van der Waals surface area contributed by atoms with Crippen LogP contribution in [0.5, 0.6) is 0 Å². The van der Waals surface area contributed by atoms with Gasteiger partial charge in [-0.05, 0) is 43.7 Å². The number of fused-ring (bicyclic) bond motifs is 1. The van der Waals surface area contributed by atoms with Crippen molar-refractivity contribution in [2.45, 2.75) is 57.9 Å². The predicted octanol–water partition coefficient (Wildman–Crippen LogP) is 5.31. The van der Waals surface area contributed by atoms with E-state index in [0.717, 1.165) is 68.2 Å². The third kappa shape index (κ3) is 4.14. The molecule has 33 heavy (non-hydrogen) atoms. The average molecular weight is 482 g/mol. The third-order valence-corrected chi connectivity index (χ3v) is 8.78. The molecule has 5 rings (SSSR count). The van der Waals surface area contributed by atoms with Crippen LogP contribution in [-0.4, -0.2) is 38.8 Å². The molecular weight excluding hydrogens is 450 g/mol. The standard InChI is InChI=1S/C26H31N3O2S2/c1-17-12-14-28(15-13-17)23-19-10-6-7-11-21(19)27(2)24(30)20(23)16-22-25(31)29(26(32)33-22)18-8-4-3-5-9-18/h6-7,10-11,16-18H,3-5,8-9,12-15H2,1-2H3. The number of aryl methyl sites for hydroxylation is 1. The SMILES string of the molecule is CC1CCN(c2c(C=C3SC(=S)N(C4CCCCC4)C3=O)c(=O)n(C)c3ccccc23)CC1. The van der Waals surface area contributed by atoms with Crippen molar-refractivity contribution in [2.24, 2.45) is 13.0 Å². The Morgan fingerprint density at radius 2 is 1.73 bits per heavy atom. The van der Waals surface area contributed by atoms with Crippen LogP contribution in [0.2, 0.25) is 0 Å². The van der Waals surface area contributed by atoms with Gasteiger partial charge in [0.15, 0.2) is 0 Å². The molecule has 0 spiro atoms. The molecule has 2 aliphatic heterocycles. The van der Waals surface area contributed by atoms with Gasteiger partial charge < -0.3 is 9.47 Å². The molecule has 1 aliphatic carbocycles. The number of piperidine rings is 1. The summed E-state index contributed by atoms with van der Waals surface area (Å²) in [5, 5.41) is 1.06. The van der Waals surface area contributed by atoms with Crippen molar-refractivity contribution in [2.75, 3.05) is 18.0 Å². The van der Waals surface area contributed by atoms with Crippen molar-refractivity contribution in [3.05, 3.63) is 45.1 Å². The summed E-state index contributed by atoms with van der Waals surface area (Å²) in [6.45, 7) is 4.13. The lowest BCUT2D eigenvalue weighted by Crippen LogP contribution is -2.39. The highest BCUT2D eigenvalue weighted by Gasteiger charge is 2.38. The first-order chi connectivity index (χ1) is 16.0. The monoisotopic (exact) mass is 481 g/mol. The second-order valence-electron chi connectivity index (χ2n) is 9.66. The molecule has 0 unspecified atom stereocenters. The minimum Gasteiger partial charge on any atom is -0.370 e. The van der Waals surface area contributed by atoms with Gasteiger partial charge in [0.25, 0.3) is 11.5 Å². The number of carbonyl (C=O) groups excluding carboxylic acids is 1. The fourth-order valence-corrected chi connectivity index (χ4v) is 6.85. The molecule has 2 aromatic rings. The molecule has 0 atom stereocenters. The van der Waals surface area contributed by atoms with Crippen LogP contribution in [0.15, 0.2) is 34.0 Å². The number of carbonyl (C=O) groups is 1. The molecule has 1 aromatic heterocycles. The van der Waals surface area contributed by atoms with Crippen molar-refractivity contribution in [3.63, 3.8) is 0 Å². The van der Waals surface area contributed by atoms with Gasteiger partial charge in [-0.25, -0.2) is 0 Å². The Balaban J connectivity index is 1.62. The van der Waals surface area contributed by atoms with Gasteiger partial charge in [-0.15, -0.1) is 0 Å². The summed E-state index contributed by atoms with van der Waals surface area (Å²) in [6, 6.07) is 8.28. The topological polar surface area (TPSA) is 45.6 Å². The van der Waals surface area contributed by atoms with E-state index in [1.807, 2.05) is 36.2 Å². The number of anilines is 1. The van der Waals surface area contributed by atoms with Crippen molar-refractivity contribution in [1.82, 2.24) is 9.47 Å². The van der Waals surface area contributed by atoms with Gasteiger partial charge in [-0.1, -0.05) is 68.4 Å². The van der Waals surface area contributed by atoms with Crippen LogP contribution in [0.4, 0.5) is 5.69 Å². The molecule has 0 bridgehead atoms. The zero-order valence-electron chi connectivity index (χ0n) is 19.4. The number of amides is 1. The van der Waals surface area contributed by atoms with Crippen LogP contribution >= 0.6 is 24.0 Å². The second kappa shape index (κ2) is 9.26. The normalized spacial score (nSPS) is 22.2. The zero-order valence-corrected chi connectivity index (χ0v) is 21.0. The van der Waals surface area contributed by atoms with Gasteiger partial charge >= 0.3 is 0 Å². The number of thiocarbonyl (C=S) groups is 1. The summed E-state index contributed by atoms with van der Waals surface area (Å²) in [7, 11) is 1.82. The molecule has 2 saturated heterocycles. The van der Waals surface area contributed by atoms with Crippen LogP contribution in [0.3, 0.4) is 0 Å². The Kier molecular flexibility index (Phi) is 6.36. The smallest absolute Gasteiger partial charge is 0.266 e. The van der Waals surface area contributed by atoms with Gasteiger partial charge in [0.1, 0.15) is 4.32 Å². The summed E-state index contributed by atoms with van der Waals surface area (Å²) in [5.74, 6) is 0.652. The quantitative estimate of drug-likeness (QED) is 0.439. The summed E-state index contributed by atoms with van der Waals surface area (Å²) >= 11 is 6.98. The highest BCUT2D eigenvalue weighted by atomic mass is 32.2. The van der Waals surface area contributed by atoms with Crippen LogP contribution in [0, 0.1) is 5.92 Å². The molecule has 0 N–H and O–H groups in total. The molecular formula is C26H31N3O2S2. The van der Waals surface area contributed by atoms with Gasteiger partial charge in [0.05, 0.1) is 21.7 Å². The number of thioether (sulfide) groups is 1. The third-order valence-electron chi connectivity index (χ3n) is 7.45. The van der Waals surface area contributed by atoms with E-state index < -0.39 is 0 Å². The van der Waals surface area contributed by atoms with E-state index in [9.17, 15) is 9.59 Å². The van der Waals surface area contributed by atoms with Gasteiger partial charge in [-0.2, -0.15) is 0 Å². The fourth-order valence-electron chi connectivity index (χ4n) is 5.47. The van der Waals surface area contributed by atoms with E-state index in [-0.39, 0.29) is 17.5 Å². The van der Waals surface area contributed by atoms with Crippen LogP contribution < -0.4 is 10.5 Å². The van der Waals surface area contributed by atoms with E-state index in [0.29, 0.717) is 20.7 Å². The first kappa shape index (κ1) is 22.7. The van der Waals surface area contributed by atoms with Crippen molar-refractivity contribution in [3.8, 4) is 0 Å². The predicted molar refractivity (Wildman–Crippen MR) is 142 cm³/mol. The summed E-state index contributed by atoms with van der Waals surface area (Å²) in [6.07, 6.45) is 9.56. The molecule has 1 amide bonds. The number of pyridine rings is 1. The minimum atomic E-state index is -0.0646. The maximum absolute atomic E-state index is 13.6. The number of rotatable bonds is 3. The van der Waals surface area contributed by atoms with Gasteiger partial charge in [0.2, 0.25) is 0 Å². The lowest BCUT2D eigenvalue weighted by molar-refractivity contribution is -0.124. The lowest BCUT2D eigenvalue weighted by atomic mass is 9.94. The molecule has 1 saturated carbocycles. The molecule has 0 radical (unpaired) electrons. The zero-order chi connectivity index (χ0) is 23.1. The lowest BCUT2D eigenvalue weighted by Gasteiger charge is -2.34. The molecule has 3 heterocycles. The minimum absolute atomic E-state index is 0.0367.